The van der Waals surface area contributed by atoms with Crippen molar-refractivity contribution in [3.05, 3.63) is 41.7 Å². The highest BCUT2D eigenvalue weighted by Crippen LogP contribution is 2.27. The zero-order chi connectivity index (χ0) is 15.9. The van der Waals surface area contributed by atoms with Gasteiger partial charge in [0.15, 0.2) is 5.16 Å². The predicted octanol–water partition coefficient (Wildman–Crippen LogP) is 3.40. The molecule has 0 bridgehead atoms. The molecule has 112 valence electrons. The Morgan fingerprint density at radius 1 is 1.27 bits per heavy atom. The van der Waals surface area contributed by atoms with Gasteiger partial charge in [-0.25, -0.2) is 9.97 Å². The van der Waals surface area contributed by atoms with Crippen molar-refractivity contribution in [2.24, 2.45) is 0 Å². The van der Waals surface area contributed by atoms with Crippen LogP contribution in [0.3, 0.4) is 0 Å². The molecule has 0 radical (unpaired) electrons. The van der Waals surface area contributed by atoms with Gasteiger partial charge in [-0.15, -0.1) is 0 Å². The van der Waals surface area contributed by atoms with Gasteiger partial charge in [-0.05, 0) is 54.9 Å². The molecule has 1 aromatic carbocycles. The Hall–Kier alpha value is -2.04. The van der Waals surface area contributed by atoms with E-state index in [0.717, 1.165) is 33.5 Å². The molecule has 1 aromatic heterocycles. The van der Waals surface area contributed by atoms with Crippen molar-refractivity contribution in [2.75, 3.05) is 11.1 Å². The molecule has 0 unspecified atom stereocenters. The van der Waals surface area contributed by atoms with Gasteiger partial charge in [0.1, 0.15) is 5.40 Å². The highest BCUT2D eigenvalue weighted by atomic mass is 32.2. The number of amides is 1. The summed E-state index contributed by atoms with van der Waals surface area (Å²) in [6.45, 7) is 3.83. The lowest BCUT2D eigenvalue weighted by atomic mass is 10.1. The quantitative estimate of drug-likeness (QED) is 0.514. The van der Waals surface area contributed by atoms with E-state index in [-0.39, 0.29) is 11.7 Å². The number of carbonyl (C=O) groups is 1. The molecule has 1 heterocycles. The van der Waals surface area contributed by atoms with Crippen molar-refractivity contribution in [3.63, 3.8) is 0 Å². The highest BCUT2D eigenvalue weighted by Gasteiger charge is 2.10. The van der Waals surface area contributed by atoms with Gasteiger partial charge in [0.2, 0.25) is 5.91 Å². The van der Waals surface area contributed by atoms with E-state index in [4.69, 9.17) is 5.26 Å². The fraction of sp³-hybridized carbons (Fsp3) is 0.200. The number of nitrogens with zero attached hydrogens (tertiary/aromatic N) is 3. The van der Waals surface area contributed by atoms with E-state index in [2.05, 4.69) is 15.3 Å². The van der Waals surface area contributed by atoms with Crippen LogP contribution in [0.4, 0.5) is 5.69 Å². The second-order valence-corrected chi connectivity index (χ2v) is 6.29. The summed E-state index contributed by atoms with van der Waals surface area (Å²) >= 11 is 2.40. The summed E-state index contributed by atoms with van der Waals surface area (Å²) in [7, 11) is 0. The topological polar surface area (TPSA) is 78.7 Å². The number of aryl methyl sites for hydroxylation is 2. The maximum absolute atomic E-state index is 12.1. The molecule has 1 amide bonds. The Morgan fingerprint density at radius 2 is 1.91 bits per heavy atom. The van der Waals surface area contributed by atoms with Gasteiger partial charge in [0, 0.05) is 23.0 Å². The Balaban J connectivity index is 2.01. The van der Waals surface area contributed by atoms with E-state index in [1.165, 1.54) is 11.8 Å². The van der Waals surface area contributed by atoms with Gasteiger partial charge in [0.05, 0.1) is 5.75 Å². The summed E-state index contributed by atoms with van der Waals surface area (Å²) in [5.74, 6) is 0.141. The number of hydrogen-bond acceptors (Lipinski definition) is 6. The molecule has 0 saturated heterocycles. The molecule has 0 fully saturated rings. The number of thiocyanates is 1. The number of aromatic nitrogens is 2. The summed E-state index contributed by atoms with van der Waals surface area (Å²) in [6.07, 6.45) is 3.29. The Labute approximate surface area is 137 Å². The van der Waals surface area contributed by atoms with Crippen LogP contribution >= 0.6 is 23.5 Å². The van der Waals surface area contributed by atoms with Crippen LogP contribution in [0.1, 0.15) is 11.1 Å². The molecule has 0 aliphatic heterocycles. The van der Waals surface area contributed by atoms with Crippen molar-refractivity contribution < 1.29 is 4.79 Å². The van der Waals surface area contributed by atoms with Crippen molar-refractivity contribution in [3.8, 4) is 5.40 Å². The van der Waals surface area contributed by atoms with E-state index in [1.54, 1.807) is 18.5 Å². The van der Waals surface area contributed by atoms with Crippen LogP contribution in [0.15, 0.2) is 40.6 Å². The average molecular weight is 330 g/mol. The van der Waals surface area contributed by atoms with Crippen molar-refractivity contribution in [2.45, 2.75) is 23.9 Å². The minimum absolute atomic E-state index is 0.107. The fourth-order valence-electron chi connectivity index (χ4n) is 1.90. The van der Waals surface area contributed by atoms with Gasteiger partial charge < -0.3 is 5.32 Å². The first-order valence-electron chi connectivity index (χ1n) is 6.47. The minimum Gasteiger partial charge on any atom is -0.325 e. The highest BCUT2D eigenvalue weighted by molar-refractivity contribution is 8.03. The van der Waals surface area contributed by atoms with Crippen LogP contribution in [0.5, 0.6) is 0 Å². The lowest BCUT2D eigenvalue weighted by Crippen LogP contribution is -2.16. The number of nitriles is 1. The molecule has 0 aliphatic carbocycles. The van der Waals surface area contributed by atoms with Gasteiger partial charge in [-0.2, -0.15) is 5.26 Å². The summed E-state index contributed by atoms with van der Waals surface area (Å²) in [5.41, 5.74) is 2.67. The monoisotopic (exact) mass is 330 g/mol. The molecule has 22 heavy (non-hydrogen) atoms. The number of anilines is 1. The number of nitrogens with one attached hydrogen (secondary N) is 1. The van der Waals surface area contributed by atoms with E-state index in [1.807, 2.05) is 31.4 Å². The van der Waals surface area contributed by atoms with Gasteiger partial charge >= 0.3 is 0 Å². The smallest absolute Gasteiger partial charge is 0.234 e. The maximum Gasteiger partial charge on any atom is 0.234 e. The lowest BCUT2D eigenvalue weighted by molar-refractivity contribution is -0.113. The lowest BCUT2D eigenvalue weighted by Gasteiger charge is -2.12. The second-order valence-electron chi connectivity index (χ2n) is 4.49. The average Bonchev–Trinajstić information content (AvgIpc) is 2.50. The molecule has 5 nitrogen and oxygen atoms in total. The van der Waals surface area contributed by atoms with Crippen LogP contribution in [0.25, 0.3) is 0 Å². The number of carbonyl (C=O) groups excluding carboxylic acids is 1. The zero-order valence-corrected chi connectivity index (χ0v) is 13.8. The Morgan fingerprint density at radius 3 is 2.50 bits per heavy atom. The van der Waals surface area contributed by atoms with Crippen LogP contribution in [-0.4, -0.2) is 21.6 Å². The third-order valence-corrected chi connectivity index (χ3v) is 4.25. The van der Waals surface area contributed by atoms with Crippen LogP contribution in [0, 0.1) is 24.5 Å². The Bertz CT molecular complexity index is 690. The first kappa shape index (κ1) is 16.3. The summed E-state index contributed by atoms with van der Waals surface area (Å²) in [6, 6.07) is 5.52. The molecular formula is C15H14N4OS2. The van der Waals surface area contributed by atoms with Crippen molar-refractivity contribution in [1.29, 1.82) is 5.26 Å². The summed E-state index contributed by atoms with van der Waals surface area (Å²) in [4.78, 5) is 21.1. The van der Waals surface area contributed by atoms with Crippen LogP contribution < -0.4 is 5.32 Å². The van der Waals surface area contributed by atoms with Crippen LogP contribution in [0.2, 0.25) is 0 Å². The molecule has 0 spiro atoms. The number of hydrogen-bond donors (Lipinski definition) is 1. The standard InChI is InChI=1S/C15H14N4OS2/c1-10-6-12(22-9-16)7-11(2)14(10)19-13(20)8-21-15-17-4-3-5-18-15/h3-7H,8H2,1-2H3,(H,19,20). The SMILES string of the molecule is Cc1cc(SC#N)cc(C)c1NC(=O)CSc1ncccn1. The molecule has 7 heteroatoms. The van der Waals surface area contributed by atoms with E-state index in [0.29, 0.717) is 5.16 Å². The normalized spacial score (nSPS) is 10.0. The van der Waals surface area contributed by atoms with Gasteiger partial charge in [-0.1, -0.05) is 11.8 Å². The fourth-order valence-corrected chi connectivity index (χ4v) is 3.08. The number of thioether (sulfide) groups is 2. The van der Waals surface area contributed by atoms with Crippen LogP contribution in [-0.2, 0) is 4.79 Å². The van der Waals surface area contributed by atoms with Crippen molar-refractivity contribution in [1.82, 2.24) is 9.97 Å². The van der Waals surface area contributed by atoms with E-state index >= 15 is 0 Å². The first-order chi connectivity index (χ1) is 10.6. The molecule has 2 rings (SSSR count). The molecular weight excluding hydrogens is 316 g/mol. The minimum atomic E-state index is -0.107. The number of rotatable bonds is 5. The molecule has 0 aliphatic rings. The van der Waals surface area contributed by atoms with Gasteiger partial charge in [0.25, 0.3) is 0 Å². The van der Waals surface area contributed by atoms with Gasteiger partial charge in [-0.3, -0.25) is 4.79 Å². The first-order valence-corrected chi connectivity index (χ1v) is 8.27. The molecule has 0 saturated carbocycles. The third kappa shape index (κ3) is 4.48. The maximum atomic E-state index is 12.1. The van der Waals surface area contributed by atoms with E-state index < -0.39 is 0 Å². The third-order valence-electron chi connectivity index (χ3n) is 2.81. The Kier molecular flexibility index (Phi) is 5.81. The van der Waals surface area contributed by atoms with E-state index in [9.17, 15) is 4.79 Å². The predicted molar refractivity (Wildman–Crippen MR) is 88.8 cm³/mol. The molecule has 1 N–H and O–H groups in total. The van der Waals surface area contributed by atoms with Crippen molar-refractivity contribution >= 4 is 35.1 Å². The molecule has 0 atom stereocenters. The summed E-state index contributed by atoms with van der Waals surface area (Å²) in [5, 5.41) is 14.3. The second kappa shape index (κ2) is 7.82. The zero-order valence-electron chi connectivity index (χ0n) is 12.2. The largest absolute Gasteiger partial charge is 0.325 e. The summed E-state index contributed by atoms with van der Waals surface area (Å²) < 4.78 is 0. The number of benzene rings is 1. The molecule has 2 aromatic rings.